The van der Waals surface area contributed by atoms with Crippen molar-refractivity contribution in [1.82, 2.24) is 5.32 Å². The Morgan fingerprint density at radius 2 is 2.05 bits per heavy atom. The smallest absolute Gasteiger partial charge is 0.228 e. The van der Waals surface area contributed by atoms with Crippen molar-refractivity contribution in [3.63, 3.8) is 0 Å². The van der Waals surface area contributed by atoms with Gasteiger partial charge in [-0.25, -0.2) is 0 Å². The Labute approximate surface area is 135 Å². The summed E-state index contributed by atoms with van der Waals surface area (Å²) in [5, 5.41) is 9.24. The normalized spacial score (nSPS) is 17.5. The minimum Gasteiger partial charge on any atom is -0.324 e. The Balaban J connectivity index is 0.00000220. The molecule has 0 saturated carbocycles. The van der Waals surface area contributed by atoms with E-state index in [1.54, 1.807) is 18.2 Å². The fourth-order valence-electron chi connectivity index (χ4n) is 2.23. The molecule has 5 nitrogen and oxygen atoms in total. The van der Waals surface area contributed by atoms with Gasteiger partial charge >= 0.3 is 0 Å². The van der Waals surface area contributed by atoms with Crippen molar-refractivity contribution in [2.45, 2.75) is 19.8 Å². The van der Waals surface area contributed by atoms with Crippen LogP contribution in [-0.4, -0.2) is 24.9 Å². The number of piperidine rings is 1. The summed E-state index contributed by atoms with van der Waals surface area (Å²) in [6.07, 6.45) is 1.87. The van der Waals surface area contributed by atoms with Crippen molar-refractivity contribution < 1.29 is 9.59 Å². The quantitative estimate of drug-likeness (QED) is 0.797. The molecule has 21 heavy (non-hydrogen) atoms. The predicted octanol–water partition coefficient (Wildman–Crippen LogP) is 2.66. The minimum atomic E-state index is -0.206. The zero-order valence-electron chi connectivity index (χ0n) is 11.7. The molecule has 1 fully saturated rings. The van der Waals surface area contributed by atoms with Crippen molar-refractivity contribution in [1.29, 1.82) is 0 Å². The highest BCUT2D eigenvalue weighted by Gasteiger charge is 2.21. The molecule has 0 spiro atoms. The van der Waals surface area contributed by atoms with Crippen LogP contribution >= 0.6 is 24.0 Å². The minimum absolute atomic E-state index is 0. The van der Waals surface area contributed by atoms with E-state index >= 15 is 0 Å². The first-order valence-electron chi connectivity index (χ1n) is 6.65. The van der Waals surface area contributed by atoms with Crippen molar-refractivity contribution in [2.24, 2.45) is 5.92 Å². The van der Waals surface area contributed by atoms with Crippen LogP contribution in [0.15, 0.2) is 18.2 Å². The molecule has 1 aromatic rings. The average Bonchev–Trinajstić information content (AvgIpc) is 2.42. The number of hydrogen-bond acceptors (Lipinski definition) is 3. The van der Waals surface area contributed by atoms with E-state index in [2.05, 4.69) is 16.0 Å². The number of carbonyl (C=O) groups excluding carboxylic acids is 2. The molecule has 2 amide bonds. The third-order valence-corrected chi connectivity index (χ3v) is 3.45. The molecule has 116 valence electrons. The molecule has 1 aromatic carbocycles. The van der Waals surface area contributed by atoms with Crippen LogP contribution in [0.2, 0.25) is 5.02 Å². The van der Waals surface area contributed by atoms with E-state index in [0.717, 1.165) is 19.4 Å². The molecule has 1 saturated heterocycles. The first kappa shape index (κ1) is 17.8. The van der Waals surface area contributed by atoms with Crippen molar-refractivity contribution in [2.75, 3.05) is 23.7 Å². The van der Waals surface area contributed by atoms with E-state index in [4.69, 9.17) is 11.6 Å². The summed E-state index contributed by atoms with van der Waals surface area (Å²) in [5.74, 6) is -0.280. The molecular weight excluding hydrogens is 313 g/mol. The Morgan fingerprint density at radius 3 is 2.67 bits per heavy atom. The maximum atomic E-state index is 12.2. The van der Waals surface area contributed by atoms with Gasteiger partial charge in [-0.1, -0.05) is 11.6 Å². The molecule has 1 unspecified atom stereocenters. The fraction of sp³-hybridized carbons (Fsp3) is 0.429. The lowest BCUT2D eigenvalue weighted by atomic mass is 9.99. The standard InChI is InChI=1S/C14H18ClN3O2.ClH/c1-9(19)17-13-7-11(15)4-5-12(13)18-14(20)10-3-2-6-16-8-10;/h4-5,7,10,16H,2-3,6,8H2,1H3,(H,17,19)(H,18,20);1H. The molecule has 1 aliphatic heterocycles. The third-order valence-electron chi connectivity index (χ3n) is 3.22. The van der Waals surface area contributed by atoms with E-state index < -0.39 is 0 Å². The second-order valence-corrected chi connectivity index (χ2v) is 5.34. The number of carbonyl (C=O) groups is 2. The highest BCUT2D eigenvalue weighted by molar-refractivity contribution is 6.31. The van der Waals surface area contributed by atoms with Crippen molar-refractivity contribution in [3.8, 4) is 0 Å². The number of nitrogens with one attached hydrogen (secondary N) is 3. The van der Waals surface area contributed by atoms with Gasteiger partial charge in [0, 0.05) is 18.5 Å². The summed E-state index contributed by atoms with van der Waals surface area (Å²) >= 11 is 5.91. The van der Waals surface area contributed by atoms with Gasteiger partial charge in [-0.15, -0.1) is 12.4 Å². The highest BCUT2D eigenvalue weighted by atomic mass is 35.5. The molecule has 0 aliphatic carbocycles. The van der Waals surface area contributed by atoms with Gasteiger partial charge in [0.2, 0.25) is 11.8 Å². The molecule has 7 heteroatoms. The average molecular weight is 332 g/mol. The summed E-state index contributed by atoms with van der Waals surface area (Å²) in [4.78, 5) is 23.4. The van der Waals surface area contributed by atoms with Gasteiger partial charge in [0.25, 0.3) is 0 Å². The van der Waals surface area contributed by atoms with Crippen LogP contribution in [0.4, 0.5) is 11.4 Å². The second-order valence-electron chi connectivity index (χ2n) is 4.90. The monoisotopic (exact) mass is 331 g/mol. The lowest BCUT2D eigenvalue weighted by Crippen LogP contribution is -2.37. The molecule has 1 aliphatic rings. The van der Waals surface area contributed by atoms with E-state index in [9.17, 15) is 9.59 Å². The van der Waals surface area contributed by atoms with Crippen LogP contribution < -0.4 is 16.0 Å². The second kappa shape index (κ2) is 8.22. The Morgan fingerprint density at radius 1 is 1.29 bits per heavy atom. The van der Waals surface area contributed by atoms with Gasteiger partial charge in [-0.05, 0) is 37.6 Å². The first-order chi connectivity index (χ1) is 9.56. The lowest BCUT2D eigenvalue weighted by molar-refractivity contribution is -0.120. The van der Waals surface area contributed by atoms with Crippen LogP contribution in [0.25, 0.3) is 0 Å². The maximum Gasteiger partial charge on any atom is 0.228 e. The van der Waals surface area contributed by atoms with E-state index in [-0.39, 0.29) is 30.1 Å². The summed E-state index contributed by atoms with van der Waals surface area (Å²) in [5.41, 5.74) is 1.09. The van der Waals surface area contributed by atoms with E-state index in [1.165, 1.54) is 6.92 Å². The molecule has 1 atom stereocenters. The van der Waals surface area contributed by atoms with Crippen LogP contribution in [0.5, 0.6) is 0 Å². The van der Waals surface area contributed by atoms with E-state index in [0.29, 0.717) is 22.9 Å². The molecular formula is C14H19Cl2N3O2. The van der Waals surface area contributed by atoms with Gasteiger partial charge in [0.05, 0.1) is 17.3 Å². The summed E-state index contributed by atoms with van der Waals surface area (Å²) in [6.45, 7) is 3.06. The number of halogens is 2. The summed E-state index contributed by atoms with van der Waals surface area (Å²) in [7, 11) is 0. The molecule has 0 radical (unpaired) electrons. The SMILES string of the molecule is CC(=O)Nc1cc(Cl)ccc1NC(=O)C1CCCNC1.Cl. The fourth-order valence-corrected chi connectivity index (χ4v) is 2.40. The highest BCUT2D eigenvalue weighted by Crippen LogP contribution is 2.26. The summed E-state index contributed by atoms with van der Waals surface area (Å²) < 4.78 is 0. The lowest BCUT2D eigenvalue weighted by Gasteiger charge is -2.22. The molecule has 0 aromatic heterocycles. The van der Waals surface area contributed by atoms with Gasteiger partial charge in [-0.2, -0.15) is 0 Å². The van der Waals surface area contributed by atoms with Gasteiger partial charge in [-0.3, -0.25) is 9.59 Å². The maximum absolute atomic E-state index is 12.2. The van der Waals surface area contributed by atoms with Gasteiger partial charge in [0.15, 0.2) is 0 Å². The van der Waals surface area contributed by atoms with Gasteiger partial charge in [0.1, 0.15) is 0 Å². The van der Waals surface area contributed by atoms with E-state index in [1.807, 2.05) is 0 Å². The van der Waals surface area contributed by atoms with Crippen molar-refractivity contribution >= 4 is 47.2 Å². The van der Waals surface area contributed by atoms with Gasteiger partial charge < -0.3 is 16.0 Å². The molecule has 2 rings (SSSR count). The Bertz CT molecular complexity index is 517. The Hall–Kier alpha value is -1.30. The zero-order chi connectivity index (χ0) is 14.5. The molecule has 3 N–H and O–H groups in total. The number of anilines is 2. The largest absolute Gasteiger partial charge is 0.324 e. The Kier molecular flexibility index (Phi) is 6.95. The number of benzene rings is 1. The number of amides is 2. The van der Waals surface area contributed by atoms with Crippen LogP contribution in [-0.2, 0) is 9.59 Å². The molecule has 1 heterocycles. The number of hydrogen-bond donors (Lipinski definition) is 3. The van der Waals surface area contributed by atoms with Crippen LogP contribution in [0.1, 0.15) is 19.8 Å². The number of rotatable bonds is 3. The van der Waals surface area contributed by atoms with Crippen LogP contribution in [0.3, 0.4) is 0 Å². The van der Waals surface area contributed by atoms with Crippen molar-refractivity contribution in [3.05, 3.63) is 23.2 Å². The third kappa shape index (κ3) is 5.19. The predicted molar refractivity (Wildman–Crippen MR) is 87.2 cm³/mol. The van der Waals surface area contributed by atoms with Crippen LogP contribution in [0, 0.1) is 5.92 Å². The zero-order valence-corrected chi connectivity index (χ0v) is 13.3. The summed E-state index contributed by atoms with van der Waals surface area (Å²) in [6, 6.07) is 5.00. The first-order valence-corrected chi connectivity index (χ1v) is 7.03. The topological polar surface area (TPSA) is 70.2 Å². The molecule has 0 bridgehead atoms.